The molecule has 0 heterocycles. The Bertz CT molecular complexity index is 328. The second kappa shape index (κ2) is 8.37. The average Bonchev–Trinajstić information content (AvgIpc) is 2.29. The molecule has 1 rings (SSSR count). The van der Waals surface area contributed by atoms with Crippen molar-refractivity contribution in [3.8, 4) is 5.75 Å². The number of nitrogens with two attached hydrogens (primary N) is 1. The highest BCUT2D eigenvalue weighted by Gasteiger charge is 2.09. The van der Waals surface area contributed by atoms with Gasteiger partial charge in [-0.15, -0.1) is 12.4 Å². The number of methoxy groups -OCH3 is 1. The van der Waals surface area contributed by atoms with Gasteiger partial charge in [-0.2, -0.15) is 0 Å². The fourth-order valence-corrected chi connectivity index (χ4v) is 1.96. The van der Waals surface area contributed by atoms with Crippen LogP contribution in [0.2, 0.25) is 0 Å². The maximum atomic E-state index is 6.19. The van der Waals surface area contributed by atoms with Gasteiger partial charge in [-0.05, 0) is 36.6 Å². The molecule has 17 heavy (non-hydrogen) atoms. The lowest BCUT2D eigenvalue weighted by Crippen LogP contribution is -2.11. The number of ether oxygens (including phenoxy) is 1. The zero-order valence-corrected chi connectivity index (χ0v) is 11.8. The Morgan fingerprint density at radius 1 is 1.29 bits per heavy atom. The molecule has 0 aliphatic carbocycles. The van der Waals surface area contributed by atoms with Gasteiger partial charge in [0, 0.05) is 6.04 Å². The summed E-state index contributed by atoms with van der Waals surface area (Å²) in [5, 5.41) is 0. The predicted octanol–water partition coefficient (Wildman–Crippen LogP) is 4.01. The Morgan fingerprint density at radius 3 is 2.53 bits per heavy atom. The quantitative estimate of drug-likeness (QED) is 0.782. The molecule has 1 atom stereocenters. The number of halogens is 1. The van der Waals surface area contributed by atoms with Crippen molar-refractivity contribution in [3.63, 3.8) is 0 Å². The van der Waals surface area contributed by atoms with Crippen molar-refractivity contribution >= 4 is 12.4 Å². The summed E-state index contributed by atoms with van der Waals surface area (Å²) in [5.41, 5.74) is 8.66. The molecule has 0 unspecified atom stereocenters. The second-order valence-corrected chi connectivity index (χ2v) is 4.32. The number of aryl methyl sites for hydroxylation is 1. The van der Waals surface area contributed by atoms with E-state index < -0.39 is 0 Å². The predicted molar refractivity (Wildman–Crippen MR) is 76.0 cm³/mol. The molecule has 0 bridgehead atoms. The lowest BCUT2D eigenvalue weighted by molar-refractivity contribution is 0.414. The van der Waals surface area contributed by atoms with Crippen LogP contribution >= 0.6 is 12.4 Å². The molecule has 0 saturated heterocycles. The zero-order chi connectivity index (χ0) is 12.0. The molecule has 2 nitrogen and oxygen atoms in total. The highest BCUT2D eigenvalue weighted by molar-refractivity contribution is 5.85. The second-order valence-electron chi connectivity index (χ2n) is 4.32. The zero-order valence-electron chi connectivity index (χ0n) is 11.0. The fraction of sp³-hybridized carbons (Fsp3) is 0.571. The highest BCUT2D eigenvalue weighted by Crippen LogP contribution is 2.24. The summed E-state index contributed by atoms with van der Waals surface area (Å²) >= 11 is 0. The Balaban J connectivity index is 0.00000256. The molecule has 0 aromatic heterocycles. The molecule has 2 N–H and O–H groups in total. The van der Waals surface area contributed by atoms with E-state index in [1.165, 1.54) is 30.4 Å². The Hall–Kier alpha value is -0.730. The van der Waals surface area contributed by atoms with E-state index in [1.54, 1.807) is 7.11 Å². The van der Waals surface area contributed by atoms with Crippen LogP contribution in [0.4, 0.5) is 0 Å². The first-order valence-electron chi connectivity index (χ1n) is 6.09. The standard InChI is InChI=1S/C14H23NO.ClH/c1-4-5-6-7-14(15)13-9-8-12(16-3)10-11(13)2;/h8-10,14H,4-7,15H2,1-3H3;1H/t14-;/m0./s1. The van der Waals surface area contributed by atoms with E-state index in [2.05, 4.69) is 26.0 Å². The minimum absolute atomic E-state index is 0. The number of benzene rings is 1. The van der Waals surface area contributed by atoms with Crippen LogP contribution < -0.4 is 10.5 Å². The van der Waals surface area contributed by atoms with Crippen molar-refractivity contribution in [1.29, 1.82) is 0 Å². The van der Waals surface area contributed by atoms with Gasteiger partial charge in [0.05, 0.1) is 7.11 Å². The lowest BCUT2D eigenvalue weighted by atomic mass is 9.97. The van der Waals surface area contributed by atoms with Gasteiger partial charge in [-0.3, -0.25) is 0 Å². The van der Waals surface area contributed by atoms with Crippen LogP contribution in [0.15, 0.2) is 18.2 Å². The van der Waals surface area contributed by atoms with E-state index in [0.29, 0.717) is 0 Å². The first-order chi connectivity index (χ1) is 7.69. The molecule has 1 aromatic rings. The molecule has 3 heteroatoms. The maximum Gasteiger partial charge on any atom is 0.119 e. The summed E-state index contributed by atoms with van der Waals surface area (Å²) < 4.78 is 5.19. The van der Waals surface area contributed by atoms with Gasteiger partial charge in [0.1, 0.15) is 5.75 Å². The molecule has 0 spiro atoms. The third-order valence-electron chi connectivity index (χ3n) is 3.00. The van der Waals surface area contributed by atoms with E-state index in [-0.39, 0.29) is 18.4 Å². The van der Waals surface area contributed by atoms with Crippen LogP contribution in [0, 0.1) is 6.92 Å². The van der Waals surface area contributed by atoms with Crippen molar-refractivity contribution < 1.29 is 4.74 Å². The molecule has 0 amide bonds. The van der Waals surface area contributed by atoms with Crippen molar-refractivity contribution in [2.75, 3.05) is 7.11 Å². The molecule has 0 aliphatic heterocycles. The Morgan fingerprint density at radius 2 is 2.00 bits per heavy atom. The highest BCUT2D eigenvalue weighted by atomic mass is 35.5. The van der Waals surface area contributed by atoms with E-state index in [0.717, 1.165) is 12.2 Å². The van der Waals surface area contributed by atoms with Crippen LogP contribution in [0.3, 0.4) is 0 Å². The van der Waals surface area contributed by atoms with Crippen LogP contribution in [0.1, 0.15) is 49.8 Å². The molecular formula is C14H24ClNO. The van der Waals surface area contributed by atoms with Crippen LogP contribution in [-0.4, -0.2) is 7.11 Å². The monoisotopic (exact) mass is 257 g/mol. The lowest BCUT2D eigenvalue weighted by Gasteiger charge is -2.15. The summed E-state index contributed by atoms with van der Waals surface area (Å²) in [5.74, 6) is 0.905. The minimum atomic E-state index is 0. The fourth-order valence-electron chi connectivity index (χ4n) is 1.96. The van der Waals surface area contributed by atoms with Crippen LogP contribution in [-0.2, 0) is 0 Å². The number of rotatable bonds is 6. The van der Waals surface area contributed by atoms with Gasteiger partial charge in [0.15, 0.2) is 0 Å². The van der Waals surface area contributed by atoms with Gasteiger partial charge in [-0.25, -0.2) is 0 Å². The van der Waals surface area contributed by atoms with E-state index in [4.69, 9.17) is 10.5 Å². The van der Waals surface area contributed by atoms with Crippen molar-refractivity contribution in [3.05, 3.63) is 29.3 Å². The Kier molecular flexibility index (Phi) is 8.01. The van der Waals surface area contributed by atoms with Gasteiger partial charge < -0.3 is 10.5 Å². The molecular weight excluding hydrogens is 234 g/mol. The summed E-state index contributed by atoms with van der Waals surface area (Å²) in [6.45, 7) is 4.31. The summed E-state index contributed by atoms with van der Waals surface area (Å²) in [7, 11) is 1.69. The largest absolute Gasteiger partial charge is 0.497 e. The molecule has 0 radical (unpaired) electrons. The number of hydrogen-bond acceptors (Lipinski definition) is 2. The van der Waals surface area contributed by atoms with Gasteiger partial charge in [-0.1, -0.05) is 32.3 Å². The van der Waals surface area contributed by atoms with E-state index >= 15 is 0 Å². The van der Waals surface area contributed by atoms with Crippen molar-refractivity contribution in [2.45, 2.75) is 45.6 Å². The first kappa shape index (κ1) is 16.3. The third kappa shape index (κ3) is 4.97. The SMILES string of the molecule is CCCCC[C@H](N)c1ccc(OC)cc1C.Cl. The van der Waals surface area contributed by atoms with Crippen molar-refractivity contribution in [1.82, 2.24) is 0 Å². The summed E-state index contributed by atoms with van der Waals surface area (Å²) in [6, 6.07) is 6.29. The van der Waals surface area contributed by atoms with Gasteiger partial charge in [0.2, 0.25) is 0 Å². The van der Waals surface area contributed by atoms with E-state index in [9.17, 15) is 0 Å². The summed E-state index contributed by atoms with van der Waals surface area (Å²) in [4.78, 5) is 0. The number of hydrogen-bond donors (Lipinski definition) is 1. The third-order valence-corrected chi connectivity index (χ3v) is 3.00. The molecule has 0 fully saturated rings. The van der Waals surface area contributed by atoms with Crippen LogP contribution in [0.25, 0.3) is 0 Å². The maximum absolute atomic E-state index is 6.19. The normalized spacial score (nSPS) is 11.8. The number of unbranched alkanes of at least 4 members (excludes halogenated alkanes) is 2. The smallest absolute Gasteiger partial charge is 0.119 e. The molecule has 0 aliphatic rings. The topological polar surface area (TPSA) is 35.2 Å². The average molecular weight is 258 g/mol. The van der Waals surface area contributed by atoms with Gasteiger partial charge >= 0.3 is 0 Å². The molecule has 98 valence electrons. The van der Waals surface area contributed by atoms with Gasteiger partial charge in [0.25, 0.3) is 0 Å². The van der Waals surface area contributed by atoms with Crippen LogP contribution in [0.5, 0.6) is 5.75 Å². The Labute approximate surface area is 111 Å². The van der Waals surface area contributed by atoms with Crippen molar-refractivity contribution in [2.24, 2.45) is 5.73 Å². The molecule has 1 aromatic carbocycles. The summed E-state index contributed by atoms with van der Waals surface area (Å²) in [6.07, 6.45) is 4.79. The minimum Gasteiger partial charge on any atom is -0.497 e. The molecule has 0 saturated carbocycles. The van der Waals surface area contributed by atoms with E-state index in [1.807, 2.05) is 6.07 Å². The first-order valence-corrected chi connectivity index (χ1v) is 6.09.